The zero-order chi connectivity index (χ0) is 14.7. The number of carbonyl (C=O) groups excluding carboxylic acids is 1. The van der Waals surface area contributed by atoms with Gasteiger partial charge in [0.1, 0.15) is 5.82 Å². The molecule has 0 atom stereocenters. The summed E-state index contributed by atoms with van der Waals surface area (Å²) >= 11 is 3.18. The normalized spacial score (nSPS) is 22.6. The predicted octanol–water partition coefficient (Wildman–Crippen LogP) is 3.21. The summed E-state index contributed by atoms with van der Waals surface area (Å²) in [4.78, 5) is 14.0. The molecule has 1 aliphatic carbocycles. The molecule has 1 aromatic carbocycles. The van der Waals surface area contributed by atoms with Crippen LogP contribution in [0.25, 0.3) is 0 Å². The third-order valence-corrected chi connectivity index (χ3v) is 4.60. The lowest BCUT2D eigenvalue weighted by atomic mass is 9.86. The Morgan fingerprint density at radius 1 is 1.40 bits per heavy atom. The Bertz CT molecular complexity index is 487. The monoisotopic (exact) mass is 343 g/mol. The van der Waals surface area contributed by atoms with Crippen molar-refractivity contribution < 1.29 is 14.3 Å². The maximum atomic E-state index is 13.8. The van der Waals surface area contributed by atoms with Gasteiger partial charge in [-0.1, -0.05) is 15.9 Å². The number of aliphatic hydroxyl groups is 1. The van der Waals surface area contributed by atoms with Crippen molar-refractivity contribution in [3.8, 4) is 0 Å². The molecule has 1 saturated carbocycles. The van der Waals surface area contributed by atoms with Gasteiger partial charge in [-0.25, -0.2) is 4.39 Å². The van der Waals surface area contributed by atoms with E-state index in [2.05, 4.69) is 15.9 Å². The van der Waals surface area contributed by atoms with Crippen LogP contribution in [0.4, 0.5) is 4.39 Å². The van der Waals surface area contributed by atoms with Crippen molar-refractivity contribution in [3.05, 3.63) is 34.1 Å². The fourth-order valence-corrected chi connectivity index (χ4v) is 3.07. The van der Waals surface area contributed by atoms with Crippen LogP contribution in [0.5, 0.6) is 0 Å². The standard InChI is InChI=1S/C15H19BrFNO2/c1-18(12-5-2-10(9-19)3-6-12)15(20)13-7-4-11(16)8-14(13)17/h4,7-8,10,12,19H,2-3,5-6,9H2,1H3. The lowest BCUT2D eigenvalue weighted by molar-refractivity contribution is 0.0648. The van der Waals surface area contributed by atoms with E-state index >= 15 is 0 Å². The Balaban J connectivity index is 2.05. The Labute approximate surface area is 126 Å². The van der Waals surface area contributed by atoms with Gasteiger partial charge in [-0.05, 0) is 49.8 Å². The van der Waals surface area contributed by atoms with Crippen LogP contribution in [0, 0.1) is 11.7 Å². The van der Waals surface area contributed by atoms with Gasteiger partial charge >= 0.3 is 0 Å². The summed E-state index contributed by atoms with van der Waals surface area (Å²) in [5.74, 6) is -0.429. The molecule has 0 heterocycles. The maximum Gasteiger partial charge on any atom is 0.256 e. The molecule has 1 N–H and O–H groups in total. The van der Waals surface area contributed by atoms with Crippen molar-refractivity contribution >= 4 is 21.8 Å². The molecular weight excluding hydrogens is 325 g/mol. The van der Waals surface area contributed by atoms with Crippen LogP contribution >= 0.6 is 15.9 Å². The second kappa shape index (κ2) is 6.68. The number of halogens is 2. The molecule has 0 unspecified atom stereocenters. The summed E-state index contributed by atoms with van der Waals surface area (Å²) in [6.45, 7) is 0.214. The second-order valence-corrected chi connectivity index (χ2v) is 6.31. The fraction of sp³-hybridized carbons (Fsp3) is 0.533. The summed E-state index contributed by atoms with van der Waals surface area (Å²) in [7, 11) is 1.73. The molecule has 2 rings (SSSR count). The molecule has 0 radical (unpaired) electrons. The first-order chi connectivity index (χ1) is 9.52. The number of benzene rings is 1. The Kier molecular flexibility index (Phi) is 5.16. The van der Waals surface area contributed by atoms with Crippen molar-refractivity contribution in [2.75, 3.05) is 13.7 Å². The average molecular weight is 344 g/mol. The van der Waals surface area contributed by atoms with Gasteiger partial charge in [0.2, 0.25) is 0 Å². The molecule has 0 saturated heterocycles. The van der Waals surface area contributed by atoms with Gasteiger partial charge in [0.05, 0.1) is 5.56 Å². The molecule has 110 valence electrons. The molecule has 0 bridgehead atoms. The molecule has 1 amide bonds. The van der Waals surface area contributed by atoms with Crippen LogP contribution < -0.4 is 0 Å². The number of carbonyl (C=O) groups is 1. The van der Waals surface area contributed by atoms with E-state index in [4.69, 9.17) is 5.11 Å². The lowest BCUT2D eigenvalue weighted by Gasteiger charge is -2.34. The summed E-state index contributed by atoms with van der Waals surface area (Å²) in [5.41, 5.74) is 0.111. The largest absolute Gasteiger partial charge is 0.396 e. The Morgan fingerprint density at radius 3 is 2.60 bits per heavy atom. The van der Waals surface area contributed by atoms with E-state index in [-0.39, 0.29) is 24.1 Å². The molecule has 1 fully saturated rings. The lowest BCUT2D eigenvalue weighted by Crippen LogP contribution is -2.40. The summed E-state index contributed by atoms with van der Waals surface area (Å²) in [5, 5.41) is 9.13. The quantitative estimate of drug-likeness (QED) is 0.915. The maximum absolute atomic E-state index is 13.8. The second-order valence-electron chi connectivity index (χ2n) is 5.40. The van der Waals surface area contributed by atoms with Crippen molar-refractivity contribution in [2.24, 2.45) is 5.92 Å². The van der Waals surface area contributed by atoms with Crippen molar-refractivity contribution in [2.45, 2.75) is 31.7 Å². The van der Waals surface area contributed by atoms with Gasteiger partial charge in [0.15, 0.2) is 0 Å². The van der Waals surface area contributed by atoms with Crippen LogP contribution in [0.15, 0.2) is 22.7 Å². The Morgan fingerprint density at radius 2 is 2.05 bits per heavy atom. The minimum Gasteiger partial charge on any atom is -0.396 e. The molecule has 3 nitrogen and oxygen atoms in total. The van der Waals surface area contributed by atoms with E-state index in [1.54, 1.807) is 18.0 Å². The topological polar surface area (TPSA) is 40.5 Å². The molecule has 1 aliphatic rings. The number of rotatable bonds is 3. The van der Waals surface area contributed by atoms with Gasteiger partial charge in [0.25, 0.3) is 5.91 Å². The summed E-state index contributed by atoms with van der Waals surface area (Å²) in [6, 6.07) is 4.63. The number of amides is 1. The Hall–Kier alpha value is -0.940. The average Bonchev–Trinajstić information content (AvgIpc) is 2.46. The van der Waals surface area contributed by atoms with E-state index in [1.807, 2.05) is 0 Å². The van der Waals surface area contributed by atoms with Gasteiger partial charge in [-0.15, -0.1) is 0 Å². The zero-order valence-corrected chi connectivity index (χ0v) is 13.1. The number of hydrogen-bond acceptors (Lipinski definition) is 2. The van der Waals surface area contributed by atoms with Gasteiger partial charge in [-0.2, -0.15) is 0 Å². The van der Waals surface area contributed by atoms with Gasteiger partial charge in [-0.3, -0.25) is 4.79 Å². The molecule has 0 aromatic heterocycles. The number of hydrogen-bond donors (Lipinski definition) is 1. The van der Waals surface area contributed by atoms with Crippen LogP contribution in [0.3, 0.4) is 0 Å². The molecule has 1 aromatic rings. The summed E-state index contributed by atoms with van der Waals surface area (Å²) < 4.78 is 14.5. The first kappa shape index (κ1) is 15.4. The predicted molar refractivity (Wildman–Crippen MR) is 79.0 cm³/mol. The first-order valence-corrected chi connectivity index (χ1v) is 7.65. The highest BCUT2D eigenvalue weighted by atomic mass is 79.9. The van der Waals surface area contributed by atoms with E-state index in [1.165, 1.54) is 12.1 Å². The van der Waals surface area contributed by atoms with E-state index in [0.717, 1.165) is 25.7 Å². The van der Waals surface area contributed by atoms with E-state index in [0.29, 0.717) is 10.4 Å². The molecular formula is C15H19BrFNO2. The third kappa shape index (κ3) is 3.38. The minimum atomic E-state index is -0.500. The smallest absolute Gasteiger partial charge is 0.256 e. The van der Waals surface area contributed by atoms with Crippen LogP contribution in [0.2, 0.25) is 0 Å². The highest BCUT2D eigenvalue weighted by Crippen LogP contribution is 2.28. The number of nitrogens with zero attached hydrogens (tertiary/aromatic N) is 1. The molecule has 0 spiro atoms. The van der Waals surface area contributed by atoms with Crippen molar-refractivity contribution in [1.82, 2.24) is 4.90 Å². The van der Waals surface area contributed by atoms with Crippen LogP contribution in [-0.4, -0.2) is 35.6 Å². The van der Waals surface area contributed by atoms with Crippen molar-refractivity contribution in [1.29, 1.82) is 0 Å². The summed E-state index contributed by atoms with van der Waals surface area (Å²) in [6.07, 6.45) is 3.57. The van der Waals surface area contributed by atoms with Crippen LogP contribution in [-0.2, 0) is 0 Å². The SMILES string of the molecule is CN(C(=O)c1ccc(Br)cc1F)C1CCC(CO)CC1. The first-order valence-electron chi connectivity index (χ1n) is 6.86. The minimum absolute atomic E-state index is 0.111. The van der Waals surface area contributed by atoms with Crippen LogP contribution in [0.1, 0.15) is 36.0 Å². The van der Waals surface area contributed by atoms with E-state index in [9.17, 15) is 9.18 Å². The molecule has 5 heteroatoms. The van der Waals surface area contributed by atoms with E-state index < -0.39 is 5.82 Å². The molecule has 20 heavy (non-hydrogen) atoms. The van der Waals surface area contributed by atoms with Gasteiger partial charge < -0.3 is 10.0 Å². The zero-order valence-electron chi connectivity index (χ0n) is 11.5. The fourth-order valence-electron chi connectivity index (χ4n) is 2.73. The molecule has 0 aliphatic heterocycles. The third-order valence-electron chi connectivity index (χ3n) is 4.10. The highest BCUT2D eigenvalue weighted by Gasteiger charge is 2.27. The highest BCUT2D eigenvalue weighted by molar-refractivity contribution is 9.10. The van der Waals surface area contributed by atoms with Crippen molar-refractivity contribution in [3.63, 3.8) is 0 Å². The number of aliphatic hydroxyl groups excluding tert-OH is 1. The van der Waals surface area contributed by atoms with Gasteiger partial charge in [0, 0.05) is 24.2 Å².